The maximum atomic E-state index is 15.2. The number of benzene rings is 3. The predicted octanol–water partition coefficient (Wildman–Crippen LogP) is 6.74. The largest absolute Gasteiger partial charge is 0.438 e. The fraction of sp³-hybridized carbons (Fsp3) is 0.333. The number of hydrogen-bond donors (Lipinski definition) is 1. The Morgan fingerprint density at radius 2 is 1.67 bits per heavy atom. The summed E-state index contributed by atoms with van der Waals surface area (Å²) < 4.78 is 72.6. The number of amides is 1. The summed E-state index contributed by atoms with van der Waals surface area (Å²) in [6.07, 6.45) is 3.32. The molecule has 2 aliphatic heterocycles. The van der Waals surface area contributed by atoms with Crippen molar-refractivity contribution >= 4 is 27.7 Å². The van der Waals surface area contributed by atoms with Gasteiger partial charge < -0.3 is 14.2 Å². The van der Waals surface area contributed by atoms with Crippen LogP contribution in [0, 0.1) is 19.7 Å². The molecule has 0 bridgehead atoms. The smallest absolute Gasteiger partial charge is 0.381 e. The van der Waals surface area contributed by atoms with Crippen LogP contribution in [-0.4, -0.2) is 80.1 Å². The lowest BCUT2D eigenvalue weighted by molar-refractivity contribution is -0.141. The van der Waals surface area contributed by atoms with Crippen molar-refractivity contribution in [3.8, 4) is 17.2 Å². The Labute approximate surface area is 360 Å². The van der Waals surface area contributed by atoms with Gasteiger partial charge in [0.1, 0.15) is 29.4 Å². The van der Waals surface area contributed by atoms with E-state index >= 15 is 9.18 Å². The molecule has 1 saturated heterocycles. The van der Waals surface area contributed by atoms with Gasteiger partial charge in [-0.1, -0.05) is 11.2 Å². The van der Waals surface area contributed by atoms with Gasteiger partial charge in [0.25, 0.3) is 5.91 Å². The first-order valence-corrected chi connectivity index (χ1v) is 21.1. The number of carbonyl (C=O) groups excluding carboxylic acids is 1. The zero-order valence-corrected chi connectivity index (χ0v) is 34.7. The molecule has 15 nitrogen and oxygen atoms in total. The van der Waals surface area contributed by atoms with Crippen molar-refractivity contribution < 1.29 is 31.6 Å². The molecule has 328 valence electrons. The summed E-state index contributed by atoms with van der Waals surface area (Å²) in [5, 5.41) is 14.3. The maximum absolute atomic E-state index is 15.2. The van der Waals surface area contributed by atoms with Crippen LogP contribution in [0.15, 0.2) is 87.3 Å². The first kappa shape index (κ1) is 39.8. The lowest BCUT2D eigenvalue weighted by Gasteiger charge is -2.28. The monoisotopic (exact) mass is 876 g/mol. The number of aromatic nitrogens is 9. The van der Waals surface area contributed by atoms with Crippen LogP contribution in [0.4, 0.5) is 17.6 Å². The molecule has 0 atom stereocenters. The quantitative estimate of drug-likeness (QED) is 0.165. The van der Waals surface area contributed by atoms with Gasteiger partial charge in [-0.2, -0.15) is 23.4 Å². The van der Waals surface area contributed by atoms with E-state index < -0.39 is 29.7 Å². The number of halogens is 4. The number of H-pyrrole nitrogens is 1. The van der Waals surface area contributed by atoms with Gasteiger partial charge in [-0.05, 0) is 111 Å². The Balaban J connectivity index is 1.01. The number of imidazole rings is 1. The number of nitrogens with one attached hydrogen (secondary N) is 1. The van der Waals surface area contributed by atoms with Crippen molar-refractivity contribution in [1.82, 2.24) is 48.3 Å². The number of carbonyl (C=O) groups is 1. The van der Waals surface area contributed by atoms with Crippen molar-refractivity contribution in [3.05, 3.63) is 140 Å². The zero-order valence-electron chi connectivity index (χ0n) is 34.7. The van der Waals surface area contributed by atoms with E-state index in [1.165, 1.54) is 21.4 Å². The lowest BCUT2D eigenvalue weighted by Crippen LogP contribution is -2.38. The highest BCUT2D eigenvalue weighted by Gasteiger charge is 2.52. The summed E-state index contributed by atoms with van der Waals surface area (Å²) in [6, 6.07) is 16.1. The maximum Gasteiger partial charge on any atom is 0.438 e. The van der Waals surface area contributed by atoms with E-state index in [0.29, 0.717) is 101 Å². The first-order chi connectivity index (χ1) is 30.8. The van der Waals surface area contributed by atoms with Crippen LogP contribution in [0.25, 0.3) is 39.0 Å². The molecule has 5 aromatic heterocycles. The molecule has 11 rings (SSSR count). The Bertz CT molecular complexity index is 3280. The molecule has 3 aromatic carbocycles. The van der Waals surface area contributed by atoms with Crippen LogP contribution in [0.2, 0.25) is 0 Å². The average molecular weight is 877 g/mol. The minimum atomic E-state index is -4.47. The van der Waals surface area contributed by atoms with E-state index in [1.807, 2.05) is 16.7 Å². The second-order valence-corrected chi connectivity index (χ2v) is 17.1. The Hall–Kier alpha value is -7.02. The highest BCUT2D eigenvalue weighted by Crippen LogP contribution is 2.51. The van der Waals surface area contributed by atoms with Crippen molar-refractivity contribution in [2.24, 2.45) is 0 Å². The second kappa shape index (κ2) is 14.5. The fourth-order valence-electron chi connectivity index (χ4n) is 9.67. The minimum Gasteiger partial charge on any atom is -0.381 e. The topological polar surface area (TPSA) is 156 Å². The molecular weight excluding hydrogens is 837 g/mol. The van der Waals surface area contributed by atoms with Crippen molar-refractivity contribution in [2.75, 3.05) is 19.8 Å². The summed E-state index contributed by atoms with van der Waals surface area (Å²) in [5.41, 5.74) is 4.22. The van der Waals surface area contributed by atoms with Crippen LogP contribution in [0.5, 0.6) is 0 Å². The normalized spacial score (nSPS) is 16.6. The van der Waals surface area contributed by atoms with E-state index in [9.17, 15) is 22.8 Å². The second-order valence-electron chi connectivity index (χ2n) is 17.1. The molecule has 1 N–H and O–H groups in total. The van der Waals surface area contributed by atoms with E-state index in [2.05, 4.69) is 27.4 Å². The van der Waals surface area contributed by atoms with Crippen LogP contribution in [0.3, 0.4) is 0 Å². The molecule has 7 heterocycles. The molecule has 8 aromatic rings. The number of aromatic amines is 1. The number of hydrogen-bond acceptors (Lipinski definition) is 8. The summed E-state index contributed by atoms with van der Waals surface area (Å²) >= 11 is 0. The van der Waals surface area contributed by atoms with E-state index in [-0.39, 0.29) is 23.8 Å². The average Bonchev–Trinajstić information content (AvgIpc) is 3.73. The van der Waals surface area contributed by atoms with Gasteiger partial charge in [-0.3, -0.25) is 28.1 Å². The number of fused-ring (bicyclic) bond motifs is 3. The van der Waals surface area contributed by atoms with E-state index in [0.717, 1.165) is 34.0 Å². The standard InChI is InChI=1S/C45H40F4N10O5/c1-25-17-32(18-26(2)38(25)46)59-39(56-14-13-55(43(56)62)31-4-6-35-30(20-31)22-50-57(35)24-45(47,48)49)33-23-54(12-7-34(33)52-59)40(60)37-21-29-19-28(27-8-15-63-16-9-27)3-5-36(29)58(37)44(10-11-44)41-51-42(61)64-53-41/h3-6,13-14,17-22,27H,7-12,15-16,23-24H2,1-2H3,(H,51,53,61). The van der Waals surface area contributed by atoms with Crippen LogP contribution >= 0.6 is 0 Å². The SMILES string of the molecule is Cc1cc(-n2nc3c(c2-n2ccn(-c4ccc5c(cnn5CC(F)(F)F)c4)c2=O)CN(C(=O)c2cc4cc(C5CCOCC5)ccc4n2C2(c4noc(=O)[nH]4)CC2)CC3)cc(C)c1F. The third-order valence-corrected chi connectivity index (χ3v) is 13.0. The van der Waals surface area contributed by atoms with Gasteiger partial charge in [-0.25, -0.2) is 18.7 Å². The van der Waals surface area contributed by atoms with Crippen molar-refractivity contribution in [3.63, 3.8) is 0 Å². The summed E-state index contributed by atoms with van der Waals surface area (Å²) in [7, 11) is 0. The van der Waals surface area contributed by atoms with Crippen LogP contribution in [0.1, 0.15) is 75.9 Å². The van der Waals surface area contributed by atoms with Gasteiger partial charge in [0.05, 0.1) is 35.3 Å². The molecule has 3 aliphatic rings. The molecule has 0 spiro atoms. The number of aryl methyl sites for hydroxylation is 2. The summed E-state index contributed by atoms with van der Waals surface area (Å²) in [4.78, 5) is 46.4. The number of rotatable bonds is 8. The van der Waals surface area contributed by atoms with Crippen LogP contribution in [-0.2, 0) is 29.8 Å². The van der Waals surface area contributed by atoms with Gasteiger partial charge >= 0.3 is 17.6 Å². The minimum absolute atomic E-state index is 0.0628. The Morgan fingerprint density at radius 3 is 2.39 bits per heavy atom. The number of ether oxygens (including phenoxy) is 1. The van der Waals surface area contributed by atoms with Crippen molar-refractivity contribution in [2.45, 2.75) is 76.7 Å². The van der Waals surface area contributed by atoms with Gasteiger partial charge in [0.2, 0.25) is 0 Å². The number of nitrogens with zero attached hydrogens (tertiary/aromatic N) is 9. The zero-order chi connectivity index (χ0) is 44.2. The van der Waals surface area contributed by atoms with Gasteiger partial charge in [-0.15, -0.1) is 0 Å². The predicted molar refractivity (Wildman–Crippen MR) is 224 cm³/mol. The third kappa shape index (κ3) is 6.50. The summed E-state index contributed by atoms with van der Waals surface area (Å²) in [6.45, 7) is 3.76. The molecule has 1 aliphatic carbocycles. The Kier molecular flexibility index (Phi) is 9.03. The molecule has 1 saturated carbocycles. The number of alkyl halides is 3. The Morgan fingerprint density at radius 1 is 0.922 bits per heavy atom. The molecule has 64 heavy (non-hydrogen) atoms. The molecule has 1 amide bonds. The van der Waals surface area contributed by atoms with E-state index in [1.54, 1.807) is 60.1 Å². The van der Waals surface area contributed by atoms with Crippen LogP contribution < -0.4 is 11.4 Å². The first-order valence-electron chi connectivity index (χ1n) is 21.1. The molecule has 19 heteroatoms. The van der Waals surface area contributed by atoms with E-state index in [4.69, 9.17) is 14.4 Å². The molecule has 0 unspecified atom stereocenters. The fourth-order valence-corrected chi connectivity index (χ4v) is 9.67. The third-order valence-electron chi connectivity index (χ3n) is 13.0. The highest BCUT2D eigenvalue weighted by molar-refractivity contribution is 5.99. The van der Waals surface area contributed by atoms with Gasteiger partial charge in [0.15, 0.2) is 5.82 Å². The lowest BCUT2D eigenvalue weighted by atomic mass is 9.91. The van der Waals surface area contributed by atoms with Crippen molar-refractivity contribution in [1.29, 1.82) is 0 Å². The highest BCUT2D eigenvalue weighted by atomic mass is 19.4. The molecule has 0 radical (unpaired) electrons. The summed E-state index contributed by atoms with van der Waals surface area (Å²) in [5.74, 6) is -0.326. The molecule has 2 fully saturated rings. The van der Waals surface area contributed by atoms with Gasteiger partial charge in [0, 0.05) is 60.4 Å². The molecular formula is C45H40F4N10O5.